The van der Waals surface area contributed by atoms with Crippen molar-refractivity contribution < 1.29 is 4.79 Å². The zero-order valence-corrected chi connectivity index (χ0v) is 13.8. The van der Waals surface area contributed by atoms with E-state index >= 15 is 0 Å². The van der Waals surface area contributed by atoms with Gasteiger partial charge >= 0.3 is 0 Å². The zero-order chi connectivity index (χ0) is 15.0. The van der Waals surface area contributed by atoms with Gasteiger partial charge in [0.2, 0.25) is 0 Å². The Labute approximate surface area is 140 Å². The topological polar surface area (TPSA) is 17.1 Å². The summed E-state index contributed by atoms with van der Waals surface area (Å²) in [6.45, 7) is 0. The number of rotatable bonds is 2. The summed E-state index contributed by atoms with van der Waals surface area (Å²) in [5.74, 6) is -0.172. The predicted octanol–water partition coefficient (Wildman–Crippen LogP) is 6.14. The van der Waals surface area contributed by atoms with Crippen molar-refractivity contribution in [1.82, 2.24) is 0 Å². The van der Waals surface area contributed by atoms with Gasteiger partial charge in [0.25, 0.3) is 0 Å². The highest BCUT2D eigenvalue weighted by atomic mass is 79.9. The van der Waals surface area contributed by atoms with E-state index in [-0.39, 0.29) is 5.78 Å². The second kappa shape index (κ2) is 5.80. The number of benzene rings is 3. The second-order valence-electron chi connectivity index (χ2n) is 4.57. The Kier molecular flexibility index (Phi) is 4.03. The van der Waals surface area contributed by atoms with Crippen molar-refractivity contribution in [3.8, 4) is 0 Å². The van der Waals surface area contributed by atoms with Gasteiger partial charge in [-0.3, -0.25) is 4.79 Å². The van der Waals surface area contributed by atoms with Crippen molar-refractivity contribution in [2.24, 2.45) is 0 Å². The lowest BCUT2D eigenvalue weighted by Gasteiger charge is -2.10. The minimum Gasteiger partial charge on any atom is -0.288 e. The van der Waals surface area contributed by atoms with Gasteiger partial charge in [-0.05, 0) is 35.0 Å². The zero-order valence-electron chi connectivity index (χ0n) is 10.7. The van der Waals surface area contributed by atoms with Gasteiger partial charge in [0, 0.05) is 10.0 Å². The van der Waals surface area contributed by atoms with Crippen molar-refractivity contribution in [3.05, 3.63) is 80.2 Å². The van der Waals surface area contributed by atoms with Crippen LogP contribution in [0.15, 0.2) is 59.1 Å². The molecule has 0 spiro atoms. The smallest absolute Gasteiger partial charge is 0.196 e. The molecule has 3 rings (SSSR count). The third-order valence-electron chi connectivity index (χ3n) is 3.31. The maximum atomic E-state index is 12.8. The average molecular weight is 380 g/mol. The summed E-state index contributed by atoms with van der Waals surface area (Å²) in [6, 6.07) is 16.4. The lowest BCUT2D eigenvalue weighted by molar-refractivity contribution is 0.104. The maximum Gasteiger partial charge on any atom is 0.196 e. The van der Waals surface area contributed by atoms with E-state index in [0.717, 1.165) is 15.2 Å². The van der Waals surface area contributed by atoms with Crippen molar-refractivity contribution in [1.29, 1.82) is 0 Å². The summed E-state index contributed by atoms with van der Waals surface area (Å²) in [7, 11) is 0. The molecule has 104 valence electrons. The van der Waals surface area contributed by atoms with Crippen LogP contribution in [-0.4, -0.2) is 5.78 Å². The number of carbonyl (C=O) groups is 1. The summed E-state index contributed by atoms with van der Waals surface area (Å²) in [5.41, 5.74) is 0.928. The summed E-state index contributed by atoms with van der Waals surface area (Å²) in [6.07, 6.45) is 0. The molecular formula is C17H9BrCl2O. The van der Waals surface area contributed by atoms with Gasteiger partial charge in [-0.25, -0.2) is 0 Å². The van der Waals surface area contributed by atoms with Crippen LogP contribution in [0.2, 0.25) is 10.0 Å². The van der Waals surface area contributed by atoms with E-state index in [2.05, 4.69) is 15.9 Å². The molecule has 0 heterocycles. The van der Waals surface area contributed by atoms with E-state index in [9.17, 15) is 4.79 Å². The Morgan fingerprint density at radius 3 is 2.10 bits per heavy atom. The third-order valence-corrected chi connectivity index (χ3v) is 4.63. The van der Waals surface area contributed by atoms with Gasteiger partial charge in [-0.15, -0.1) is 0 Å². The molecule has 0 unspecified atom stereocenters. The number of fused-ring (bicyclic) bond motifs is 1. The molecule has 4 heteroatoms. The third kappa shape index (κ3) is 2.59. The minimum atomic E-state index is -0.172. The molecule has 21 heavy (non-hydrogen) atoms. The number of ketones is 1. The van der Waals surface area contributed by atoms with Gasteiger partial charge in [-0.1, -0.05) is 69.5 Å². The molecule has 0 aliphatic heterocycles. The summed E-state index contributed by atoms with van der Waals surface area (Å²) >= 11 is 15.8. The number of carbonyl (C=O) groups excluding carboxylic acids is 1. The molecule has 0 radical (unpaired) electrons. The van der Waals surface area contributed by atoms with Crippen LogP contribution in [0.4, 0.5) is 0 Å². The molecule has 0 amide bonds. The van der Waals surface area contributed by atoms with Crippen molar-refractivity contribution >= 4 is 55.7 Å². The Morgan fingerprint density at radius 1 is 0.810 bits per heavy atom. The minimum absolute atomic E-state index is 0.172. The largest absolute Gasteiger partial charge is 0.288 e. The maximum absolute atomic E-state index is 12.8. The molecule has 0 atom stereocenters. The van der Waals surface area contributed by atoms with E-state index in [1.165, 1.54) is 0 Å². The second-order valence-corrected chi connectivity index (χ2v) is 6.24. The van der Waals surface area contributed by atoms with Crippen LogP contribution in [0.25, 0.3) is 10.8 Å². The lowest BCUT2D eigenvalue weighted by Crippen LogP contribution is -2.04. The summed E-state index contributed by atoms with van der Waals surface area (Å²) in [5, 5.41) is 2.57. The molecule has 0 fully saturated rings. The number of halogens is 3. The molecule has 0 aliphatic carbocycles. The van der Waals surface area contributed by atoms with Crippen LogP contribution in [0.1, 0.15) is 15.9 Å². The average Bonchev–Trinajstić information content (AvgIpc) is 2.47. The fourth-order valence-electron chi connectivity index (χ4n) is 2.31. The molecule has 0 aliphatic rings. The molecule has 0 N–H and O–H groups in total. The van der Waals surface area contributed by atoms with E-state index in [0.29, 0.717) is 21.2 Å². The molecule has 0 saturated carbocycles. The molecule has 3 aromatic carbocycles. The summed E-state index contributed by atoms with van der Waals surface area (Å²) < 4.78 is 0.944. The van der Waals surface area contributed by atoms with Gasteiger partial charge in [0.1, 0.15) is 0 Å². The normalized spacial score (nSPS) is 10.8. The van der Waals surface area contributed by atoms with Gasteiger partial charge in [-0.2, -0.15) is 0 Å². The standard InChI is InChI=1S/C17H9BrCl2O/c18-13-9-8-12(10-4-1-2-5-11(10)13)17(21)16-14(19)6-3-7-15(16)20/h1-9H. The first-order valence-corrected chi connectivity index (χ1v) is 7.80. The lowest BCUT2D eigenvalue weighted by atomic mass is 9.97. The van der Waals surface area contributed by atoms with E-state index in [1.807, 2.05) is 30.3 Å². The highest BCUT2D eigenvalue weighted by Crippen LogP contribution is 2.32. The molecular weight excluding hydrogens is 371 g/mol. The highest BCUT2D eigenvalue weighted by Gasteiger charge is 2.19. The summed E-state index contributed by atoms with van der Waals surface area (Å²) in [4.78, 5) is 12.8. The van der Waals surface area contributed by atoms with E-state index < -0.39 is 0 Å². The monoisotopic (exact) mass is 378 g/mol. The van der Waals surface area contributed by atoms with Gasteiger partial charge in [0.15, 0.2) is 5.78 Å². The Hall–Kier alpha value is -1.35. The Bertz CT molecular complexity index is 838. The van der Waals surface area contributed by atoms with Crippen LogP contribution < -0.4 is 0 Å². The first kappa shape index (κ1) is 14.6. The van der Waals surface area contributed by atoms with Crippen LogP contribution in [0.3, 0.4) is 0 Å². The Morgan fingerprint density at radius 2 is 1.43 bits per heavy atom. The first-order chi connectivity index (χ1) is 10.1. The highest BCUT2D eigenvalue weighted by molar-refractivity contribution is 9.10. The molecule has 0 bridgehead atoms. The van der Waals surface area contributed by atoms with Crippen LogP contribution in [-0.2, 0) is 0 Å². The van der Waals surface area contributed by atoms with Crippen molar-refractivity contribution in [2.75, 3.05) is 0 Å². The molecule has 0 saturated heterocycles. The first-order valence-electron chi connectivity index (χ1n) is 6.25. The van der Waals surface area contributed by atoms with Crippen LogP contribution >= 0.6 is 39.1 Å². The van der Waals surface area contributed by atoms with Crippen LogP contribution in [0, 0.1) is 0 Å². The van der Waals surface area contributed by atoms with Gasteiger partial charge in [0.05, 0.1) is 15.6 Å². The predicted molar refractivity (Wildman–Crippen MR) is 91.5 cm³/mol. The van der Waals surface area contributed by atoms with E-state index in [1.54, 1.807) is 24.3 Å². The van der Waals surface area contributed by atoms with Crippen molar-refractivity contribution in [3.63, 3.8) is 0 Å². The molecule has 3 aromatic rings. The van der Waals surface area contributed by atoms with Crippen LogP contribution in [0.5, 0.6) is 0 Å². The fraction of sp³-hybridized carbons (Fsp3) is 0. The Balaban J connectivity index is 2.26. The molecule has 0 aromatic heterocycles. The molecule has 1 nitrogen and oxygen atoms in total. The van der Waals surface area contributed by atoms with Crippen molar-refractivity contribution in [2.45, 2.75) is 0 Å². The van der Waals surface area contributed by atoms with E-state index in [4.69, 9.17) is 23.2 Å². The fourth-order valence-corrected chi connectivity index (χ4v) is 3.36. The number of hydrogen-bond acceptors (Lipinski definition) is 1. The van der Waals surface area contributed by atoms with Gasteiger partial charge < -0.3 is 0 Å². The quantitative estimate of drug-likeness (QED) is 0.488. The number of hydrogen-bond donors (Lipinski definition) is 0. The SMILES string of the molecule is O=C(c1c(Cl)cccc1Cl)c1ccc(Br)c2ccccc12.